The van der Waals surface area contributed by atoms with Crippen LogP contribution in [0.15, 0.2) is 42.6 Å². The van der Waals surface area contributed by atoms with Gasteiger partial charge in [-0.25, -0.2) is 4.98 Å². The predicted molar refractivity (Wildman–Crippen MR) is 108 cm³/mol. The number of benzene rings is 1. The fourth-order valence-corrected chi connectivity index (χ4v) is 3.46. The first kappa shape index (κ1) is 18.6. The van der Waals surface area contributed by atoms with Crippen LogP contribution in [0.1, 0.15) is 44.7 Å². The molecule has 0 bridgehead atoms. The molecule has 2 fully saturated rings. The van der Waals surface area contributed by atoms with E-state index < -0.39 is 0 Å². The number of ether oxygens (including phenoxy) is 2. The minimum absolute atomic E-state index is 0.00791. The molecule has 2 aromatic rings. The topological polar surface area (TPSA) is 63.7 Å². The normalized spacial score (nSPS) is 19.9. The number of nitrogens with zero attached hydrogens (tertiary/aromatic N) is 2. The van der Waals surface area contributed by atoms with Gasteiger partial charge in [0.15, 0.2) is 0 Å². The summed E-state index contributed by atoms with van der Waals surface area (Å²) in [5, 5.41) is 2.89. The largest absolute Gasteiger partial charge is 0.489 e. The van der Waals surface area contributed by atoms with Gasteiger partial charge in [-0.1, -0.05) is 12.1 Å². The van der Waals surface area contributed by atoms with Gasteiger partial charge in [0.05, 0.1) is 24.9 Å². The monoisotopic (exact) mass is 381 g/mol. The molecule has 1 saturated heterocycles. The second-order valence-electron chi connectivity index (χ2n) is 7.64. The smallest absolute Gasteiger partial charge is 0.217 e. The molecule has 4 rings (SSSR count). The van der Waals surface area contributed by atoms with E-state index in [1.54, 1.807) is 0 Å². The maximum atomic E-state index is 11.2. The van der Waals surface area contributed by atoms with E-state index in [2.05, 4.69) is 15.2 Å². The lowest BCUT2D eigenvalue weighted by Crippen LogP contribution is -2.25. The minimum Gasteiger partial charge on any atom is -0.489 e. The molecule has 1 unspecified atom stereocenters. The molecule has 1 saturated carbocycles. The Balaban J connectivity index is 1.30. The maximum absolute atomic E-state index is 11.2. The van der Waals surface area contributed by atoms with E-state index in [4.69, 9.17) is 9.47 Å². The summed E-state index contributed by atoms with van der Waals surface area (Å²) in [5.74, 6) is 2.65. The van der Waals surface area contributed by atoms with Gasteiger partial charge in [-0.3, -0.25) is 4.79 Å². The summed E-state index contributed by atoms with van der Waals surface area (Å²) in [6, 6.07) is 12.0. The third-order valence-corrected chi connectivity index (χ3v) is 5.12. The first-order valence-corrected chi connectivity index (χ1v) is 9.98. The number of aromatic nitrogens is 1. The lowest BCUT2D eigenvalue weighted by Gasteiger charge is -2.19. The number of nitrogens with one attached hydrogen (secondary N) is 1. The molecule has 1 amide bonds. The van der Waals surface area contributed by atoms with Crippen LogP contribution in [-0.2, 0) is 4.79 Å². The van der Waals surface area contributed by atoms with Gasteiger partial charge in [-0.15, -0.1) is 0 Å². The van der Waals surface area contributed by atoms with Gasteiger partial charge in [0.1, 0.15) is 23.4 Å². The van der Waals surface area contributed by atoms with Crippen LogP contribution in [0.25, 0.3) is 0 Å². The van der Waals surface area contributed by atoms with Gasteiger partial charge in [0, 0.05) is 19.9 Å². The maximum Gasteiger partial charge on any atom is 0.217 e. The van der Waals surface area contributed by atoms with Gasteiger partial charge < -0.3 is 19.7 Å². The van der Waals surface area contributed by atoms with Crippen molar-refractivity contribution in [1.29, 1.82) is 0 Å². The summed E-state index contributed by atoms with van der Waals surface area (Å²) in [5.41, 5.74) is 1.06. The van der Waals surface area contributed by atoms with Crippen LogP contribution in [0.3, 0.4) is 0 Å². The van der Waals surface area contributed by atoms with E-state index in [0.29, 0.717) is 6.10 Å². The van der Waals surface area contributed by atoms with Crippen molar-refractivity contribution in [3.05, 3.63) is 48.2 Å². The molecule has 6 heteroatoms. The van der Waals surface area contributed by atoms with Crippen molar-refractivity contribution in [1.82, 2.24) is 10.3 Å². The average molecular weight is 381 g/mol. The number of hydrogen-bond donors (Lipinski definition) is 1. The van der Waals surface area contributed by atoms with Crippen molar-refractivity contribution in [3.8, 4) is 11.5 Å². The van der Waals surface area contributed by atoms with Crippen LogP contribution in [0.5, 0.6) is 11.5 Å². The Morgan fingerprint density at radius 3 is 2.43 bits per heavy atom. The van der Waals surface area contributed by atoms with E-state index in [9.17, 15) is 4.79 Å². The summed E-state index contributed by atoms with van der Waals surface area (Å²) in [6.07, 6.45) is 5.62. The molecule has 1 aliphatic heterocycles. The van der Waals surface area contributed by atoms with Gasteiger partial charge >= 0.3 is 0 Å². The Morgan fingerprint density at radius 1 is 1.07 bits per heavy atom. The van der Waals surface area contributed by atoms with E-state index in [0.717, 1.165) is 55.2 Å². The van der Waals surface area contributed by atoms with E-state index in [-0.39, 0.29) is 18.1 Å². The number of carbonyl (C=O) groups excluding carboxylic acids is 1. The summed E-state index contributed by atoms with van der Waals surface area (Å²) in [7, 11) is 0. The van der Waals surface area contributed by atoms with Crippen molar-refractivity contribution in [2.45, 2.75) is 51.4 Å². The standard InChI is InChI=1S/C22H27N3O3/c1-15(24-16(2)26)17-3-5-18(6-4-17)28-21-11-12-25(14-21)22-10-9-20(13-23-22)27-19-7-8-19/h3-6,9-10,13,15,19,21H,7-8,11-12,14H2,1-2H3,(H,24,26)/t15-,21?/m0/s1. The summed E-state index contributed by atoms with van der Waals surface area (Å²) in [4.78, 5) is 18.0. The molecule has 1 aromatic heterocycles. The fourth-order valence-electron chi connectivity index (χ4n) is 3.46. The third kappa shape index (κ3) is 4.74. The predicted octanol–water partition coefficient (Wildman–Crippen LogP) is 3.48. The van der Waals surface area contributed by atoms with E-state index >= 15 is 0 Å². The molecule has 1 aliphatic carbocycles. The fraction of sp³-hybridized carbons (Fsp3) is 0.455. The Kier molecular flexibility index (Phi) is 5.37. The Morgan fingerprint density at radius 2 is 1.79 bits per heavy atom. The molecular weight excluding hydrogens is 354 g/mol. The number of hydrogen-bond acceptors (Lipinski definition) is 5. The molecule has 2 heterocycles. The number of rotatable bonds is 7. The zero-order chi connectivity index (χ0) is 19.5. The van der Waals surface area contributed by atoms with E-state index in [1.165, 1.54) is 6.92 Å². The first-order chi connectivity index (χ1) is 13.6. The van der Waals surface area contributed by atoms with Crippen molar-refractivity contribution < 1.29 is 14.3 Å². The highest BCUT2D eigenvalue weighted by molar-refractivity contribution is 5.73. The van der Waals surface area contributed by atoms with Crippen molar-refractivity contribution in [3.63, 3.8) is 0 Å². The Hall–Kier alpha value is -2.76. The lowest BCUT2D eigenvalue weighted by atomic mass is 10.1. The summed E-state index contributed by atoms with van der Waals surface area (Å²) in [6.45, 7) is 5.25. The molecule has 1 N–H and O–H groups in total. The number of anilines is 1. The quantitative estimate of drug-likeness (QED) is 0.796. The minimum atomic E-state index is -0.0281. The second kappa shape index (κ2) is 8.09. The highest BCUT2D eigenvalue weighted by atomic mass is 16.5. The lowest BCUT2D eigenvalue weighted by molar-refractivity contribution is -0.119. The average Bonchev–Trinajstić information content (AvgIpc) is 3.37. The van der Waals surface area contributed by atoms with Crippen molar-refractivity contribution in [2.75, 3.05) is 18.0 Å². The van der Waals surface area contributed by atoms with Gasteiger partial charge in [-0.05, 0) is 49.6 Å². The van der Waals surface area contributed by atoms with Crippen LogP contribution in [0.4, 0.5) is 5.82 Å². The van der Waals surface area contributed by atoms with Crippen molar-refractivity contribution in [2.24, 2.45) is 0 Å². The second-order valence-corrected chi connectivity index (χ2v) is 7.64. The summed E-state index contributed by atoms with van der Waals surface area (Å²) < 4.78 is 11.9. The zero-order valence-electron chi connectivity index (χ0n) is 16.4. The van der Waals surface area contributed by atoms with Gasteiger partial charge in [0.2, 0.25) is 5.91 Å². The zero-order valence-corrected chi connectivity index (χ0v) is 16.4. The van der Waals surface area contributed by atoms with Crippen LogP contribution < -0.4 is 19.7 Å². The van der Waals surface area contributed by atoms with Crippen LogP contribution in [-0.4, -0.2) is 36.2 Å². The molecule has 6 nitrogen and oxygen atoms in total. The SMILES string of the molecule is CC(=O)N[C@@H](C)c1ccc(OC2CCN(c3ccc(OC4CC4)cn3)C2)cc1. The molecule has 28 heavy (non-hydrogen) atoms. The summed E-state index contributed by atoms with van der Waals surface area (Å²) >= 11 is 0. The molecule has 2 aliphatic rings. The molecule has 0 radical (unpaired) electrons. The van der Waals surface area contributed by atoms with Gasteiger partial charge in [-0.2, -0.15) is 0 Å². The molecular formula is C22H27N3O3. The highest BCUT2D eigenvalue weighted by Crippen LogP contribution is 2.28. The molecule has 1 aromatic carbocycles. The first-order valence-electron chi connectivity index (χ1n) is 9.98. The molecule has 0 spiro atoms. The van der Waals surface area contributed by atoms with Gasteiger partial charge in [0.25, 0.3) is 0 Å². The number of carbonyl (C=O) groups is 1. The molecule has 148 valence electrons. The van der Waals surface area contributed by atoms with E-state index in [1.807, 2.05) is 49.5 Å². The van der Waals surface area contributed by atoms with Crippen LogP contribution in [0.2, 0.25) is 0 Å². The Labute approximate surface area is 165 Å². The molecule has 2 atom stereocenters. The Bertz CT molecular complexity index is 803. The van der Waals surface area contributed by atoms with Crippen LogP contribution in [0, 0.1) is 0 Å². The number of amides is 1. The number of pyridine rings is 1. The van der Waals surface area contributed by atoms with Crippen molar-refractivity contribution >= 4 is 11.7 Å². The highest BCUT2D eigenvalue weighted by Gasteiger charge is 2.26. The van der Waals surface area contributed by atoms with Crippen LogP contribution >= 0.6 is 0 Å². The third-order valence-electron chi connectivity index (χ3n) is 5.12.